The zero-order valence-electron chi connectivity index (χ0n) is 12.6. The van der Waals surface area contributed by atoms with E-state index in [1.807, 2.05) is 36.1 Å². The lowest BCUT2D eigenvalue weighted by Crippen LogP contribution is -2.41. The lowest BCUT2D eigenvalue weighted by Gasteiger charge is -2.22. The summed E-state index contributed by atoms with van der Waals surface area (Å²) in [5.74, 6) is -0.324. The van der Waals surface area contributed by atoms with Crippen LogP contribution in [0.3, 0.4) is 0 Å². The highest BCUT2D eigenvalue weighted by Crippen LogP contribution is 2.18. The molecule has 1 unspecified atom stereocenters. The Morgan fingerprint density at radius 1 is 1.43 bits per heavy atom. The maximum Gasteiger partial charge on any atom is 0.323 e. The molecule has 1 fully saturated rings. The molecule has 0 saturated carbocycles. The topological polar surface area (TPSA) is 58.6 Å². The van der Waals surface area contributed by atoms with Gasteiger partial charge in [0.25, 0.3) is 0 Å². The Morgan fingerprint density at radius 2 is 2.24 bits per heavy atom. The fourth-order valence-corrected chi connectivity index (χ4v) is 2.63. The lowest BCUT2D eigenvalue weighted by molar-refractivity contribution is -0.148. The summed E-state index contributed by atoms with van der Waals surface area (Å²) in [5, 5.41) is 2.87. The van der Waals surface area contributed by atoms with Crippen LogP contribution in [-0.4, -0.2) is 42.5 Å². The minimum atomic E-state index is -0.284. The van der Waals surface area contributed by atoms with Gasteiger partial charge in [-0.05, 0) is 50.9 Å². The number of ether oxygens (including phenoxy) is 1. The van der Waals surface area contributed by atoms with E-state index in [-0.39, 0.29) is 24.5 Å². The molecule has 1 heterocycles. The second-order valence-electron chi connectivity index (χ2n) is 5.30. The van der Waals surface area contributed by atoms with Crippen molar-refractivity contribution >= 4 is 17.6 Å². The number of hydrogen-bond donors (Lipinski definition) is 1. The van der Waals surface area contributed by atoms with Crippen LogP contribution >= 0.6 is 0 Å². The summed E-state index contributed by atoms with van der Waals surface area (Å²) in [7, 11) is 0. The molecule has 2 rings (SSSR count). The summed E-state index contributed by atoms with van der Waals surface area (Å²) in [6.45, 7) is 5.12. The van der Waals surface area contributed by atoms with Gasteiger partial charge in [0.15, 0.2) is 0 Å². The maximum atomic E-state index is 12.1. The van der Waals surface area contributed by atoms with Gasteiger partial charge in [-0.25, -0.2) is 0 Å². The van der Waals surface area contributed by atoms with Crippen LogP contribution in [0.25, 0.3) is 0 Å². The quantitative estimate of drug-likeness (QED) is 0.842. The summed E-state index contributed by atoms with van der Waals surface area (Å²) >= 11 is 0. The molecule has 1 saturated heterocycles. The summed E-state index contributed by atoms with van der Waals surface area (Å²) in [5.41, 5.74) is 1.88. The lowest BCUT2D eigenvalue weighted by atomic mass is 10.2. The molecule has 0 spiro atoms. The van der Waals surface area contributed by atoms with Crippen molar-refractivity contribution in [3.63, 3.8) is 0 Å². The molecular formula is C16H22N2O3. The highest BCUT2D eigenvalue weighted by Gasteiger charge is 2.32. The van der Waals surface area contributed by atoms with Gasteiger partial charge in [0, 0.05) is 5.69 Å². The Balaban J connectivity index is 1.91. The van der Waals surface area contributed by atoms with Crippen molar-refractivity contribution in [3.05, 3.63) is 29.8 Å². The summed E-state index contributed by atoms with van der Waals surface area (Å²) in [6.07, 6.45) is 1.68. The second kappa shape index (κ2) is 7.22. The monoisotopic (exact) mass is 290 g/mol. The van der Waals surface area contributed by atoms with Crippen molar-refractivity contribution < 1.29 is 14.3 Å². The van der Waals surface area contributed by atoms with E-state index in [2.05, 4.69) is 5.32 Å². The molecule has 1 aliphatic heterocycles. The molecular weight excluding hydrogens is 268 g/mol. The van der Waals surface area contributed by atoms with Crippen LogP contribution in [0.4, 0.5) is 5.69 Å². The van der Waals surface area contributed by atoms with Crippen LogP contribution in [0, 0.1) is 6.92 Å². The highest BCUT2D eigenvalue weighted by atomic mass is 16.5. The van der Waals surface area contributed by atoms with E-state index in [0.717, 1.165) is 30.6 Å². The third kappa shape index (κ3) is 4.29. The molecule has 1 aromatic carbocycles. The minimum Gasteiger partial charge on any atom is -0.465 e. The van der Waals surface area contributed by atoms with E-state index >= 15 is 0 Å². The van der Waals surface area contributed by atoms with Gasteiger partial charge in [0.2, 0.25) is 5.91 Å². The second-order valence-corrected chi connectivity index (χ2v) is 5.30. The molecule has 0 bridgehead atoms. The number of hydrogen-bond acceptors (Lipinski definition) is 4. The molecule has 0 aromatic heterocycles. The molecule has 1 N–H and O–H groups in total. The summed E-state index contributed by atoms with van der Waals surface area (Å²) < 4.78 is 5.06. The Labute approximate surface area is 125 Å². The van der Waals surface area contributed by atoms with Crippen LogP contribution < -0.4 is 5.32 Å². The van der Waals surface area contributed by atoms with Gasteiger partial charge in [-0.2, -0.15) is 0 Å². The predicted octanol–water partition coefficient (Wildman–Crippen LogP) is 1.96. The van der Waals surface area contributed by atoms with E-state index in [1.165, 1.54) is 0 Å². The van der Waals surface area contributed by atoms with Gasteiger partial charge in [-0.1, -0.05) is 12.1 Å². The molecule has 0 aliphatic carbocycles. The molecule has 5 nitrogen and oxygen atoms in total. The standard InChI is InChI=1S/C16H22N2O3/c1-3-21-16(20)14-8-5-9-18(14)11-15(19)17-13-7-4-6-12(2)10-13/h4,6-7,10,14H,3,5,8-9,11H2,1-2H3,(H,17,19). The van der Waals surface area contributed by atoms with Gasteiger partial charge < -0.3 is 10.1 Å². The number of nitrogens with zero attached hydrogens (tertiary/aromatic N) is 1. The first-order valence-corrected chi connectivity index (χ1v) is 7.37. The van der Waals surface area contributed by atoms with E-state index in [9.17, 15) is 9.59 Å². The number of rotatable bonds is 5. The van der Waals surface area contributed by atoms with Crippen molar-refractivity contribution in [1.82, 2.24) is 4.90 Å². The molecule has 21 heavy (non-hydrogen) atoms. The highest BCUT2D eigenvalue weighted by molar-refractivity contribution is 5.92. The molecule has 1 aliphatic rings. The van der Waals surface area contributed by atoms with Crippen LogP contribution in [0.5, 0.6) is 0 Å². The Kier molecular flexibility index (Phi) is 5.33. The van der Waals surface area contributed by atoms with Crippen molar-refractivity contribution in [2.45, 2.75) is 32.7 Å². The number of anilines is 1. The number of likely N-dealkylation sites (tertiary alicyclic amines) is 1. The van der Waals surface area contributed by atoms with E-state index < -0.39 is 0 Å². The smallest absolute Gasteiger partial charge is 0.323 e. The number of carbonyl (C=O) groups excluding carboxylic acids is 2. The first kappa shape index (κ1) is 15.5. The van der Waals surface area contributed by atoms with Gasteiger partial charge in [0.1, 0.15) is 6.04 Å². The molecule has 5 heteroatoms. The third-order valence-corrected chi connectivity index (χ3v) is 3.57. The first-order valence-electron chi connectivity index (χ1n) is 7.37. The van der Waals surface area contributed by atoms with Crippen LogP contribution in [0.2, 0.25) is 0 Å². The maximum absolute atomic E-state index is 12.1. The van der Waals surface area contributed by atoms with Crippen LogP contribution in [-0.2, 0) is 14.3 Å². The predicted molar refractivity (Wildman–Crippen MR) is 81.0 cm³/mol. The van der Waals surface area contributed by atoms with Crippen LogP contribution in [0.15, 0.2) is 24.3 Å². The fourth-order valence-electron chi connectivity index (χ4n) is 2.63. The van der Waals surface area contributed by atoms with Crippen molar-refractivity contribution in [2.75, 3.05) is 25.0 Å². The minimum absolute atomic E-state index is 0.100. The Hall–Kier alpha value is -1.88. The Morgan fingerprint density at radius 3 is 2.95 bits per heavy atom. The van der Waals surface area contributed by atoms with Gasteiger partial charge in [-0.3, -0.25) is 14.5 Å². The average molecular weight is 290 g/mol. The number of benzene rings is 1. The van der Waals surface area contributed by atoms with Gasteiger partial charge in [-0.15, -0.1) is 0 Å². The summed E-state index contributed by atoms with van der Waals surface area (Å²) in [6, 6.07) is 7.38. The third-order valence-electron chi connectivity index (χ3n) is 3.57. The van der Waals surface area contributed by atoms with Crippen molar-refractivity contribution in [1.29, 1.82) is 0 Å². The molecule has 1 aromatic rings. The average Bonchev–Trinajstić information content (AvgIpc) is 2.87. The molecule has 1 amide bonds. The number of esters is 1. The van der Waals surface area contributed by atoms with E-state index in [4.69, 9.17) is 4.74 Å². The fraction of sp³-hybridized carbons (Fsp3) is 0.500. The zero-order valence-corrected chi connectivity index (χ0v) is 12.6. The number of aryl methyl sites for hydroxylation is 1. The number of carbonyl (C=O) groups is 2. The Bertz CT molecular complexity index is 516. The van der Waals surface area contributed by atoms with Crippen molar-refractivity contribution in [3.8, 4) is 0 Å². The van der Waals surface area contributed by atoms with E-state index in [1.54, 1.807) is 6.92 Å². The number of amides is 1. The normalized spacial score (nSPS) is 18.5. The molecule has 114 valence electrons. The van der Waals surface area contributed by atoms with Gasteiger partial charge in [0.05, 0.1) is 13.2 Å². The zero-order chi connectivity index (χ0) is 15.2. The van der Waals surface area contributed by atoms with Crippen molar-refractivity contribution in [2.24, 2.45) is 0 Å². The van der Waals surface area contributed by atoms with Crippen LogP contribution in [0.1, 0.15) is 25.3 Å². The molecule has 1 atom stereocenters. The summed E-state index contributed by atoms with van der Waals surface area (Å²) in [4.78, 5) is 25.8. The number of nitrogens with one attached hydrogen (secondary N) is 1. The van der Waals surface area contributed by atoms with E-state index in [0.29, 0.717) is 6.61 Å². The van der Waals surface area contributed by atoms with Gasteiger partial charge >= 0.3 is 5.97 Å². The molecule has 0 radical (unpaired) electrons. The first-order chi connectivity index (χ1) is 10.1. The SMILES string of the molecule is CCOC(=O)C1CCCN1CC(=O)Nc1cccc(C)c1. The largest absolute Gasteiger partial charge is 0.465 e.